The zero-order chi connectivity index (χ0) is 21.8. The number of ether oxygens (including phenoxy) is 3. The van der Waals surface area contributed by atoms with Gasteiger partial charge in [-0.2, -0.15) is 0 Å². The number of guanidine groups is 1. The zero-order valence-electron chi connectivity index (χ0n) is 19.1. The number of benzene rings is 1. The summed E-state index contributed by atoms with van der Waals surface area (Å²) in [5.41, 5.74) is 1.18. The summed E-state index contributed by atoms with van der Waals surface area (Å²) in [4.78, 5) is 18.2. The molecule has 1 aromatic carbocycles. The van der Waals surface area contributed by atoms with E-state index in [1.54, 1.807) is 14.2 Å². The van der Waals surface area contributed by atoms with Crippen LogP contribution in [0, 0.1) is 0 Å². The SMILES string of the molecule is CCNC(=NCCCCC(=O)OC)NC1CCN(Cc2cc(OC)cc(OC)c2)C1.I. The molecule has 0 amide bonds. The number of nitrogens with one attached hydrogen (secondary N) is 2. The molecule has 1 aliphatic rings. The van der Waals surface area contributed by atoms with Crippen molar-refractivity contribution < 1.29 is 19.0 Å². The topological polar surface area (TPSA) is 84.4 Å². The molecule has 0 radical (unpaired) electrons. The van der Waals surface area contributed by atoms with Crippen molar-refractivity contribution in [2.45, 2.75) is 45.2 Å². The van der Waals surface area contributed by atoms with Crippen LogP contribution in [0.5, 0.6) is 11.5 Å². The summed E-state index contributed by atoms with van der Waals surface area (Å²) in [6, 6.07) is 6.36. The fraction of sp³-hybridized carbons (Fsp3) is 0.636. The molecule has 9 heteroatoms. The fourth-order valence-electron chi connectivity index (χ4n) is 3.50. The van der Waals surface area contributed by atoms with Crippen LogP contribution in [0.2, 0.25) is 0 Å². The maximum Gasteiger partial charge on any atom is 0.305 e. The quantitative estimate of drug-likeness (QED) is 0.145. The van der Waals surface area contributed by atoms with E-state index in [1.165, 1.54) is 12.7 Å². The summed E-state index contributed by atoms with van der Waals surface area (Å²) in [7, 11) is 4.76. The molecular weight excluding hydrogens is 511 g/mol. The Morgan fingerprint density at radius 2 is 1.87 bits per heavy atom. The van der Waals surface area contributed by atoms with Crippen LogP contribution in [-0.4, -0.2) is 70.4 Å². The Labute approximate surface area is 203 Å². The van der Waals surface area contributed by atoms with Crippen molar-refractivity contribution in [1.29, 1.82) is 0 Å². The van der Waals surface area contributed by atoms with E-state index in [4.69, 9.17) is 9.47 Å². The Morgan fingerprint density at radius 3 is 2.48 bits per heavy atom. The van der Waals surface area contributed by atoms with Crippen LogP contribution in [0.4, 0.5) is 0 Å². The first-order valence-electron chi connectivity index (χ1n) is 10.6. The van der Waals surface area contributed by atoms with Gasteiger partial charge in [-0.3, -0.25) is 14.7 Å². The molecule has 1 saturated heterocycles. The third-order valence-corrected chi connectivity index (χ3v) is 5.06. The second-order valence-corrected chi connectivity index (χ2v) is 7.38. The number of esters is 1. The van der Waals surface area contributed by atoms with E-state index < -0.39 is 0 Å². The number of hydrogen-bond donors (Lipinski definition) is 2. The average molecular weight is 548 g/mol. The number of methoxy groups -OCH3 is 3. The van der Waals surface area contributed by atoms with E-state index in [2.05, 4.69) is 44.3 Å². The molecule has 0 spiro atoms. The Morgan fingerprint density at radius 1 is 1.16 bits per heavy atom. The van der Waals surface area contributed by atoms with E-state index in [1.807, 2.05) is 6.07 Å². The molecule has 0 saturated carbocycles. The number of nitrogens with zero attached hydrogens (tertiary/aromatic N) is 2. The predicted octanol–water partition coefficient (Wildman–Crippen LogP) is 2.79. The van der Waals surface area contributed by atoms with E-state index in [-0.39, 0.29) is 29.9 Å². The number of unbranched alkanes of at least 4 members (excludes halogenated alkanes) is 1. The summed E-state index contributed by atoms with van der Waals surface area (Å²) < 4.78 is 15.4. The molecule has 1 aliphatic heterocycles. The third-order valence-electron chi connectivity index (χ3n) is 5.06. The van der Waals surface area contributed by atoms with Crippen LogP contribution in [0.25, 0.3) is 0 Å². The molecule has 1 heterocycles. The minimum atomic E-state index is -0.163. The number of aliphatic imine (C=N–C) groups is 1. The van der Waals surface area contributed by atoms with Gasteiger partial charge >= 0.3 is 5.97 Å². The van der Waals surface area contributed by atoms with Gasteiger partial charge in [-0.05, 0) is 43.9 Å². The van der Waals surface area contributed by atoms with Crippen LogP contribution in [0.15, 0.2) is 23.2 Å². The number of carbonyl (C=O) groups excluding carboxylic acids is 1. The van der Waals surface area contributed by atoms with Crippen molar-refractivity contribution in [3.63, 3.8) is 0 Å². The highest BCUT2D eigenvalue weighted by molar-refractivity contribution is 14.0. The molecule has 31 heavy (non-hydrogen) atoms. The molecule has 1 aromatic rings. The number of rotatable bonds is 11. The van der Waals surface area contributed by atoms with Crippen molar-refractivity contribution >= 4 is 35.9 Å². The molecule has 176 valence electrons. The van der Waals surface area contributed by atoms with Crippen LogP contribution in [-0.2, 0) is 16.1 Å². The van der Waals surface area contributed by atoms with Gasteiger partial charge in [0.2, 0.25) is 0 Å². The summed E-state index contributed by atoms with van der Waals surface area (Å²) in [6.45, 7) is 6.39. The van der Waals surface area contributed by atoms with Gasteiger partial charge in [-0.1, -0.05) is 0 Å². The first kappa shape index (κ1) is 27.3. The maximum absolute atomic E-state index is 11.2. The minimum Gasteiger partial charge on any atom is -0.497 e. The molecule has 1 atom stereocenters. The second kappa shape index (κ2) is 15.1. The highest BCUT2D eigenvalue weighted by Crippen LogP contribution is 2.24. The molecule has 8 nitrogen and oxygen atoms in total. The van der Waals surface area contributed by atoms with Crippen molar-refractivity contribution in [1.82, 2.24) is 15.5 Å². The lowest BCUT2D eigenvalue weighted by Gasteiger charge is -2.19. The van der Waals surface area contributed by atoms with Crippen LogP contribution >= 0.6 is 24.0 Å². The Balaban J connectivity index is 0.00000480. The maximum atomic E-state index is 11.2. The lowest BCUT2D eigenvalue weighted by molar-refractivity contribution is -0.140. The largest absolute Gasteiger partial charge is 0.497 e. The number of likely N-dealkylation sites (tertiary alicyclic amines) is 1. The Kier molecular flexibility index (Phi) is 13.3. The van der Waals surface area contributed by atoms with Crippen molar-refractivity contribution in [3.8, 4) is 11.5 Å². The predicted molar refractivity (Wildman–Crippen MR) is 134 cm³/mol. The summed E-state index contributed by atoms with van der Waals surface area (Å²) >= 11 is 0. The molecule has 1 fully saturated rings. The lowest BCUT2D eigenvalue weighted by atomic mass is 10.2. The molecule has 0 bridgehead atoms. The molecule has 2 N–H and O–H groups in total. The molecule has 0 aromatic heterocycles. The second-order valence-electron chi connectivity index (χ2n) is 7.38. The van der Waals surface area contributed by atoms with Crippen LogP contribution in [0.3, 0.4) is 0 Å². The van der Waals surface area contributed by atoms with Gasteiger partial charge in [-0.25, -0.2) is 0 Å². The lowest BCUT2D eigenvalue weighted by Crippen LogP contribution is -2.44. The molecule has 0 aliphatic carbocycles. The standard InChI is InChI=1S/C22H36N4O4.HI/c1-5-23-22(24-10-7-6-8-21(27)30-4)25-18-9-11-26(16-18)15-17-12-19(28-2)14-20(13-17)29-3;/h12-14,18H,5-11,15-16H2,1-4H3,(H2,23,24,25);1H. The third kappa shape index (κ3) is 9.94. The molecular formula is C22H37IN4O4. The van der Waals surface area contributed by atoms with Gasteiger partial charge in [0, 0.05) is 51.3 Å². The first-order chi connectivity index (χ1) is 14.6. The normalized spacial score (nSPS) is 16.4. The number of halogens is 1. The fourth-order valence-corrected chi connectivity index (χ4v) is 3.50. The minimum absolute atomic E-state index is 0. The Hall–Kier alpha value is -1.75. The van der Waals surface area contributed by atoms with E-state index in [9.17, 15) is 4.79 Å². The van der Waals surface area contributed by atoms with E-state index in [0.29, 0.717) is 19.0 Å². The molecule has 1 unspecified atom stereocenters. The van der Waals surface area contributed by atoms with Crippen molar-refractivity contribution in [2.75, 3.05) is 47.5 Å². The van der Waals surface area contributed by atoms with Gasteiger partial charge in [0.05, 0.1) is 21.3 Å². The Bertz CT molecular complexity index is 680. The van der Waals surface area contributed by atoms with Gasteiger partial charge in [0.1, 0.15) is 11.5 Å². The van der Waals surface area contributed by atoms with Crippen LogP contribution < -0.4 is 20.1 Å². The monoisotopic (exact) mass is 548 g/mol. The van der Waals surface area contributed by atoms with Gasteiger partial charge in [-0.15, -0.1) is 24.0 Å². The van der Waals surface area contributed by atoms with Gasteiger partial charge in [0.15, 0.2) is 5.96 Å². The number of hydrogen-bond acceptors (Lipinski definition) is 6. The van der Waals surface area contributed by atoms with Gasteiger partial charge < -0.3 is 24.8 Å². The van der Waals surface area contributed by atoms with Crippen molar-refractivity contribution in [2.24, 2.45) is 4.99 Å². The van der Waals surface area contributed by atoms with E-state index in [0.717, 1.165) is 62.9 Å². The first-order valence-corrected chi connectivity index (χ1v) is 10.6. The highest BCUT2D eigenvalue weighted by Gasteiger charge is 2.23. The smallest absolute Gasteiger partial charge is 0.305 e. The summed E-state index contributed by atoms with van der Waals surface area (Å²) in [6.07, 6.45) is 3.16. The van der Waals surface area contributed by atoms with Crippen LogP contribution in [0.1, 0.15) is 38.2 Å². The highest BCUT2D eigenvalue weighted by atomic mass is 127. The zero-order valence-corrected chi connectivity index (χ0v) is 21.4. The number of carbonyl (C=O) groups is 1. The average Bonchev–Trinajstić information content (AvgIpc) is 3.19. The van der Waals surface area contributed by atoms with Crippen molar-refractivity contribution in [3.05, 3.63) is 23.8 Å². The summed E-state index contributed by atoms with van der Waals surface area (Å²) in [5, 5.41) is 6.86. The van der Waals surface area contributed by atoms with E-state index >= 15 is 0 Å². The summed E-state index contributed by atoms with van der Waals surface area (Å²) in [5.74, 6) is 2.30. The van der Waals surface area contributed by atoms with Gasteiger partial charge in [0.25, 0.3) is 0 Å². The molecule has 2 rings (SSSR count).